The van der Waals surface area contributed by atoms with E-state index in [-0.39, 0.29) is 6.04 Å². The Labute approximate surface area is 126 Å². The number of hydrogen-bond donors (Lipinski definition) is 1. The first-order valence-corrected chi connectivity index (χ1v) is 7.23. The van der Waals surface area contributed by atoms with E-state index in [0.717, 1.165) is 6.42 Å². The Morgan fingerprint density at radius 1 is 1.48 bits per heavy atom. The van der Waals surface area contributed by atoms with Crippen LogP contribution in [0.25, 0.3) is 0 Å². The zero-order valence-corrected chi connectivity index (χ0v) is 13.1. The molecule has 1 amide bonds. The van der Waals surface area contributed by atoms with Gasteiger partial charge in [0.2, 0.25) is 5.96 Å². The second kappa shape index (κ2) is 6.61. The molecule has 1 N–H and O–H groups in total. The molecule has 0 saturated heterocycles. The number of amides is 1. The van der Waals surface area contributed by atoms with Gasteiger partial charge in [-0.2, -0.15) is 0 Å². The molecule has 0 spiro atoms. The molecule has 1 atom stereocenters. The fourth-order valence-electron chi connectivity index (χ4n) is 2.62. The molecule has 1 unspecified atom stereocenters. The van der Waals surface area contributed by atoms with Crippen molar-refractivity contribution in [2.45, 2.75) is 26.3 Å². The van der Waals surface area contributed by atoms with Gasteiger partial charge in [-0.05, 0) is 23.5 Å². The molecular weight excluding hydrogens is 266 g/mol. The van der Waals surface area contributed by atoms with E-state index in [0.29, 0.717) is 18.4 Å². The number of carbonyl (C=O) groups is 1. The molecule has 0 bridgehead atoms. The number of hydrogen-bond acceptors (Lipinski definition) is 4. The number of benzene rings is 1. The predicted molar refractivity (Wildman–Crippen MR) is 83.3 cm³/mol. The lowest BCUT2D eigenvalue weighted by atomic mass is 9.93. The first-order chi connectivity index (χ1) is 10.0. The molecule has 1 aromatic rings. The van der Waals surface area contributed by atoms with Crippen LogP contribution in [-0.2, 0) is 11.2 Å². The van der Waals surface area contributed by atoms with Crippen molar-refractivity contribution in [3.05, 3.63) is 35.4 Å². The van der Waals surface area contributed by atoms with Crippen LogP contribution in [0.1, 0.15) is 31.0 Å². The first kappa shape index (κ1) is 15.4. The summed E-state index contributed by atoms with van der Waals surface area (Å²) in [4.78, 5) is 17.7. The van der Waals surface area contributed by atoms with E-state index in [9.17, 15) is 4.79 Å². The average Bonchev–Trinajstić information content (AvgIpc) is 2.80. The highest BCUT2D eigenvalue weighted by Crippen LogP contribution is 2.28. The van der Waals surface area contributed by atoms with Gasteiger partial charge in [0.1, 0.15) is 0 Å². The SMILES string of the molecule is COC(=O)NC1=NCC(c2ccccc2CC(C)C)N1C. The van der Waals surface area contributed by atoms with Crippen LogP contribution in [0.3, 0.4) is 0 Å². The second-order valence-corrected chi connectivity index (χ2v) is 5.70. The van der Waals surface area contributed by atoms with Crippen molar-refractivity contribution in [3.63, 3.8) is 0 Å². The first-order valence-electron chi connectivity index (χ1n) is 7.23. The normalized spacial score (nSPS) is 17.9. The van der Waals surface area contributed by atoms with Crippen LogP contribution in [0.4, 0.5) is 4.79 Å². The van der Waals surface area contributed by atoms with Gasteiger partial charge in [-0.15, -0.1) is 0 Å². The van der Waals surface area contributed by atoms with Crippen LogP contribution in [0.5, 0.6) is 0 Å². The minimum atomic E-state index is -0.489. The van der Waals surface area contributed by atoms with Gasteiger partial charge in [-0.3, -0.25) is 10.3 Å². The number of nitrogens with zero attached hydrogens (tertiary/aromatic N) is 2. The molecule has 5 nitrogen and oxygen atoms in total. The van der Waals surface area contributed by atoms with Crippen LogP contribution in [0.15, 0.2) is 29.3 Å². The van der Waals surface area contributed by atoms with Crippen molar-refractivity contribution in [1.82, 2.24) is 10.2 Å². The Bertz CT molecular complexity index is 540. The molecular formula is C16H23N3O2. The minimum absolute atomic E-state index is 0.159. The summed E-state index contributed by atoms with van der Waals surface area (Å²) < 4.78 is 4.62. The van der Waals surface area contributed by atoms with Gasteiger partial charge < -0.3 is 9.64 Å². The average molecular weight is 289 g/mol. The molecule has 114 valence electrons. The monoisotopic (exact) mass is 289 g/mol. The maximum atomic E-state index is 11.3. The van der Waals surface area contributed by atoms with Gasteiger partial charge in [0.15, 0.2) is 0 Å². The molecule has 1 heterocycles. The van der Waals surface area contributed by atoms with E-state index in [1.165, 1.54) is 18.2 Å². The van der Waals surface area contributed by atoms with E-state index < -0.39 is 6.09 Å². The Hall–Kier alpha value is -2.04. The number of nitrogens with one attached hydrogen (secondary N) is 1. The number of aliphatic imine (C=N–C) groups is 1. The standard InChI is InChI=1S/C16H23N3O2/c1-11(2)9-12-7-5-6-8-13(12)14-10-17-15(19(14)3)18-16(20)21-4/h5-8,11,14H,9-10H2,1-4H3,(H,17,18,20). The molecule has 2 rings (SSSR count). The van der Waals surface area contributed by atoms with E-state index in [4.69, 9.17) is 0 Å². The third-order valence-corrected chi connectivity index (χ3v) is 3.66. The maximum absolute atomic E-state index is 11.3. The second-order valence-electron chi connectivity index (χ2n) is 5.70. The summed E-state index contributed by atoms with van der Waals surface area (Å²) in [7, 11) is 3.29. The van der Waals surface area contributed by atoms with Gasteiger partial charge in [0, 0.05) is 7.05 Å². The van der Waals surface area contributed by atoms with Crippen molar-refractivity contribution in [2.75, 3.05) is 20.7 Å². The molecule has 0 radical (unpaired) electrons. The summed E-state index contributed by atoms with van der Waals surface area (Å²) >= 11 is 0. The van der Waals surface area contributed by atoms with Crippen LogP contribution >= 0.6 is 0 Å². The number of rotatable bonds is 3. The van der Waals surface area contributed by atoms with E-state index in [1.807, 2.05) is 11.9 Å². The molecule has 0 aliphatic carbocycles. The molecule has 21 heavy (non-hydrogen) atoms. The van der Waals surface area contributed by atoms with E-state index in [1.54, 1.807) is 0 Å². The topological polar surface area (TPSA) is 53.9 Å². The number of likely N-dealkylation sites (N-methyl/N-ethyl adjacent to an activating group) is 1. The highest BCUT2D eigenvalue weighted by molar-refractivity contribution is 5.94. The van der Waals surface area contributed by atoms with Gasteiger partial charge in [0.25, 0.3) is 0 Å². The number of ether oxygens (including phenoxy) is 1. The quantitative estimate of drug-likeness (QED) is 0.930. The predicted octanol–water partition coefficient (Wildman–Crippen LogP) is 2.58. The van der Waals surface area contributed by atoms with Crippen molar-refractivity contribution in [3.8, 4) is 0 Å². The van der Waals surface area contributed by atoms with Crippen molar-refractivity contribution >= 4 is 12.1 Å². The molecule has 1 aliphatic heterocycles. The van der Waals surface area contributed by atoms with Gasteiger partial charge in [0.05, 0.1) is 19.7 Å². The summed E-state index contributed by atoms with van der Waals surface area (Å²) in [5.41, 5.74) is 2.62. The zero-order valence-electron chi connectivity index (χ0n) is 13.1. The summed E-state index contributed by atoms with van der Waals surface area (Å²) in [6.07, 6.45) is 0.553. The summed E-state index contributed by atoms with van der Waals surface area (Å²) in [6, 6.07) is 8.61. The van der Waals surface area contributed by atoms with Crippen LogP contribution in [0.2, 0.25) is 0 Å². The fraction of sp³-hybridized carbons (Fsp3) is 0.500. The molecule has 0 aromatic heterocycles. The van der Waals surface area contributed by atoms with Gasteiger partial charge >= 0.3 is 6.09 Å². The zero-order chi connectivity index (χ0) is 15.4. The Balaban J connectivity index is 2.16. The van der Waals surface area contributed by atoms with Gasteiger partial charge in [-0.1, -0.05) is 38.1 Å². The van der Waals surface area contributed by atoms with Gasteiger partial charge in [-0.25, -0.2) is 4.79 Å². The van der Waals surface area contributed by atoms with Crippen molar-refractivity contribution in [1.29, 1.82) is 0 Å². The Kier molecular flexibility index (Phi) is 4.83. The highest BCUT2D eigenvalue weighted by Gasteiger charge is 2.28. The van der Waals surface area contributed by atoms with Crippen molar-refractivity contribution < 1.29 is 9.53 Å². The van der Waals surface area contributed by atoms with Crippen LogP contribution in [0, 0.1) is 5.92 Å². The Morgan fingerprint density at radius 3 is 2.86 bits per heavy atom. The fourth-order valence-corrected chi connectivity index (χ4v) is 2.62. The van der Waals surface area contributed by atoms with E-state index in [2.05, 4.69) is 53.2 Å². The summed E-state index contributed by atoms with van der Waals surface area (Å²) in [6.45, 7) is 5.08. The smallest absolute Gasteiger partial charge is 0.413 e. The molecule has 5 heteroatoms. The number of alkyl carbamates (subject to hydrolysis) is 1. The third-order valence-electron chi connectivity index (χ3n) is 3.66. The number of carbonyl (C=O) groups excluding carboxylic acids is 1. The number of methoxy groups -OCH3 is 1. The highest BCUT2D eigenvalue weighted by atomic mass is 16.5. The molecule has 1 aromatic carbocycles. The maximum Gasteiger partial charge on any atom is 0.413 e. The molecule has 1 aliphatic rings. The van der Waals surface area contributed by atoms with Crippen molar-refractivity contribution in [2.24, 2.45) is 10.9 Å². The lowest BCUT2D eigenvalue weighted by Gasteiger charge is -2.25. The summed E-state index contributed by atoms with van der Waals surface area (Å²) in [5, 5.41) is 2.65. The number of guanidine groups is 1. The van der Waals surface area contributed by atoms with Crippen LogP contribution < -0.4 is 5.32 Å². The molecule has 0 fully saturated rings. The minimum Gasteiger partial charge on any atom is -0.453 e. The van der Waals surface area contributed by atoms with E-state index >= 15 is 0 Å². The lowest BCUT2D eigenvalue weighted by Crippen LogP contribution is -2.40. The summed E-state index contributed by atoms with van der Waals surface area (Å²) in [5.74, 6) is 1.16. The third kappa shape index (κ3) is 3.54. The Morgan fingerprint density at radius 2 is 2.19 bits per heavy atom. The lowest BCUT2D eigenvalue weighted by molar-refractivity contribution is 0.175. The van der Waals surface area contributed by atoms with Crippen LogP contribution in [-0.4, -0.2) is 37.7 Å². The molecule has 0 saturated carbocycles. The largest absolute Gasteiger partial charge is 0.453 e.